The molecule has 0 radical (unpaired) electrons. The first kappa shape index (κ1) is 40.1. The molecule has 0 aliphatic rings. The molecule has 0 aliphatic heterocycles. The van der Waals surface area contributed by atoms with Gasteiger partial charge in [0, 0.05) is 44.2 Å². The van der Waals surface area contributed by atoms with Crippen LogP contribution in [0.4, 0.5) is 17.1 Å². The molecule has 2 aromatic heterocycles. The molecule has 0 bridgehead atoms. The van der Waals surface area contributed by atoms with Crippen molar-refractivity contribution in [2.24, 2.45) is 0 Å². The van der Waals surface area contributed by atoms with Crippen molar-refractivity contribution in [2.45, 2.75) is 0 Å². The molecule has 324 valence electrons. The van der Waals surface area contributed by atoms with Crippen LogP contribution >= 0.6 is 0 Å². The largest absolute Gasteiger partial charge is 0.309 e. The van der Waals surface area contributed by atoms with Crippen molar-refractivity contribution in [1.29, 1.82) is 0 Å². The summed E-state index contributed by atoms with van der Waals surface area (Å²) < 4.78 is 4.79. The van der Waals surface area contributed by atoms with E-state index in [0.29, 0.717) is 0 Å². The van der Waals surface area contributed by atoms with Crippen LogP contribution in [0, 0.1) is 0 Å². The van der Waals surface area contributed by atoms with Gasteiger partial charge in [0.2, 0.25) is 0 Å². The summed E-state index contributed by atoms with van der Waals surface area (Å²) in [5.41, 5.74) is 19.6. The first-order valence-electron chi connectivity index (χ1n) is 23.7. The number of aromatic nitrogens is 2. The third-order valence-corrected chi connectivity index (χ3v) is 13.7. The summed E-state index contributed by atoms with van der Waals surface area (Å²) in [6.07, 6.45) is 0. The van der Waals surface area contributed by atoms with E-state index in [1.54, 1.807) is 0 Å². The van der Waals surface area contributed by atoms with Crippen molar-refractivity contribution >= 4 is 60.7 Å². The predicted molar refractivity (Wildman–Crippen MR) is 292 cm³/mol. The van der Waals surface area contributed by atoms with Crippen LogP contribution in [-0.4, -0.2) is 9.13 Å². The molecular formula is C66H45N3. The fourth-order valence-corrected chi connectivity index (χ4v) is 10.7. The van der Waals surface area contributed by atoms with Crippen LogP contribution in [0.5, 0.6) is 0 Å². The summed E-state index contributed by atoms with van der Waals surface area (Å²) >= 11 is 0. The van der Waals surface area contributed by atoms with Crippen molar-refractivity contribution in [2.75, 3.05) is 4.90 Å². The van der Waals surface area contributed by atoms with Crippen LogP contribution in [0.25, 0.3) is 99.5 Å². The standard InChI is InChI=1S/C66H45N3/c1-4-22-46(23-5-1)52-30-10-11-31-53(52)54-32-12-13-33-55(54)56-34-14-17-37-60(56)69(65-41-21-40-64-66(65)58-36-16-19-39-62(58)68(64)50-27-8-3-9-28-50)51-29-20-24-47(44-51)48-42-43-63-59(45-48)57-35-15-18-38-61(57)67(63)49-25-6-2-7-26-49/h1-45H. The average Bonchev–Trinajstić information content (AvgIpc) is 3.95. The van der Waals surface area contributed by atoms with Crippen LogP contribution in [0.2, 0.25) is 0 Å². The van der Waals surface area contributed by atoms with E-state index in [1.807, 2.05) is 0 Å². The van der Waals surface area contributed by atoms with Gasteiger partial charge < -0.3 is 14.0 Å². The summed E-state index contributed by atoms with van der Waals surface area (Å²) in [5.74, 6) is 0. The van der Waals surface area contributed by atoms with E-state index in [1.165, 1.54) is 60.3 Å². The van der Waals surface area contributed by atoms with Crippen LogP contribution in [-0.2, 0) is 0 Å². The maximum absolute atomic E-state index is 2.50. The molecule has 2 heterocycles. The molecule has 13 aromatic rings. The number of fused-ring (bicyclic) bond motifs is 6. The van der Waals surface area contributed by atoms with Crippen LogP contribution in [0.3, 0.4) is 0 Å². The highest BCUT2D eigenvalue weighted by molar-refractivity contribution is 6.17. The number of hydrogen-bond donors (Lipinski definition) is 0. The molecule has 0 atom stereocenters. The van der Waals surface area contributed by atoms with Gasteiger partial charge in [0.05, 0.1) is 33.4 Å². The second kappa shape index (κ2) is 16.9. The zero-order valence-corrected chi connectivity index (χ0v) is 37.8. The SMILES string of the molecule is c1ccc(-c2ccccc2-c2ccccc2-c2ccccc2N(c2cccc(-c3ccc4c(c3)c3ccccc3n4-c3ccccc3)c2)c2cccc3c2c2ccccc2n3-c2ccccc2)cc1. The van der Waals surface area contributed by atoms with Crippen LogP contribution in [0.1, 0.15) is 0 Å². The number of hydrogen-bond acceptors (Lipinski definition) is 1. The van der Waals surface area contributed by atoms with Crippen molar-refractivity contribution < 1.29 is 0 Å². The lowest BCUT2D eigenvalue weighted by atomic mass is 9.88. The molecule has 69 heavy (non-hydrogen) atoms. The summed E-state index contributed by atoms with van der Waals surface area (Å²) in [6.45, 7) is 0. The lowest BCUT2D eigenvalue weighted by Gasteiger charge is -2.30. The molecule has 0 spiro atoms. The van der Waals surface area contributed by atoms with E-state index in [2.05, 4.69) is 287 Å². The average molecular weight is 880 g/mol. The Balaban J connectivity index is 1.05. The Morgan fingerprint density at radius 3 is 1.41 bits per heavy atom. The van der Waals surface area contributed by atoms with Gasteiger partial charge in [0.15, 0.2) is 0 Å². The molecule has 3 heteroatoms. The first-order valence-corrected chi connectivity index (χ1v) is 23.7. The Labute approximate surface area is 401 Å². The molecule has 0 unspecified atom stereocenters. The highest BCUT2D eigenvalue weighted by Gasteiger charge is 2.25. The Morgan fingerprint density at radius 1 is 0.246 bits per heavy atom. The lowest BCUT2D eigenvalue weighted by Crippen LogP contribution is -2.12. The second-order valence-electron chi connectivity index (χ2n) is 17.6. The van der Waals surface area contributed by atoms with E-state index in [0.717, 1.165) is 56.2 Å². The van der Waals surface area contributed by atoms with E-state index in [9.17, 15) is 0 Å². The third-order valence-electron chi connectivity index (χ3n) is 13.7. The Morgan fingerprint density at radius 2 is 0.696 bits per heavy atom. The second-order valence-corrected chi connectivity index (χ2v) is 17.6. The normalized spacial score (nSPS) is 11.5. The molecule has 13 rings (SSSR count). The molecular weight excluding hydrogens is 835 g/mol. The molecule has 0 amide bonds. The van der Waals surface area contributed by atoms with Crippen molar-refractivity contribution in [3.05, 3.63) is 273 Å². The molecule has 0 saturated carbocycles. The fraction of sp³-hybridized carbons (Fsp3) is 0. The number of anilines is 3. The van der Waals surface area contributed by atoms with Gasteiger partial charge in [-0.15, -0.1) is 0 Å². The highest BCUT2D eigenvalue weighted by atomic mass is 15.2. The molecule has 0 fully saturated rings. The number of nitrogens with zero attached hydrogens (tertiary/aromatic N) is 3. The quantitative estimate of drug-likeness (QED) is 0.141. The molecule has 11 aromatic carbocycles. The summed E-state index contributed by atoms with van der Waals surface area (Å²) in [6, 6.07) is 99.2. The molecule has 0 aliphatic carbocycles. The zero-order chi connectivity index (χ0) is 45.7. The van der Waals surface area contributed by atoms with Crippen LogP contribution < -0.4 is 4.90 Å². The minimum atomic E-state index is 1.07. The molecule has 3 nitrogen and oxygen atoms in total. The van der Waals surface area contributed by atoms with Gasteiger partial charge in [0.1, 0.15) is 0 Å². The number of benzene rings is 11. The minimum absolute atomic E-state index is 1.07. The zero-order valence-electron chi connectivity index (χ0n) is 37.8. The lowest BCUT2D eigenvalue weighted by molar-refractivity contribution is 1.18. The minimum Gasteiger partial charge on any atom is -0.309 e. The fourth-order valence-electron chi connectivity index (χ4n) is 10.7. The Hall–Kier alpha value is -9.18. The number of rotatable bonds is 9. The maximum Gasteiger partial charge on any atom is 0.0562 e. The van der Waals surface area contributed by atoms with Crippen molar-refractivity contribution in [3.8, 4) is 55.9 Å². The molecule has 0 saturated heterocycles. The Bertz CT molecular complexity index is 4010. The predicted octanol–water partition coefficient (Wildman–Crippen LogP) is 18.0. The smallest absolute Gasteiger partial charge is 0.0562 e. The topological polar surface area (TPSA) is 13.1 Å². The number of para-hydroxylation sites is 5. The summed E-state index contributed by atoms with van der Waals surface area (Å²) in [4.78, 5) is 2.50. The monoisotopic (exact) mass is 879 g/mol. The van der Waals surface area contributed by atoms with E-state index in [-0.39, 0.29) is 0 Å². The highest BCUT2D eigenvalue weighted by Crippen LogP contribution is 2.49. The van der Waals surface area contributed by atoms with Gasteiger partial charge in [-0.05, 0) is 118 Å². The Kier molecular flexibility index (Phi) is 9.84. The van der Waals surface area contributed by atoms with Crippen molar-refractivity contribution in [1.82, 2.24) is 9.13 Å². The van der Waals surface area contributed by atoms with Gasteiger partial charge in [0.25, 0.3) is 0 Å². The van der Waals surface area contributed by atoms with E-state index < -0.39 is 0 Å². The van der Waals surface area contributed by atoms with E-state index in [4.69, 9.17) is 0 Å². The van der Waals surface area contributed by atoms with Gasteiger partial charge in [-0.25, -0.2) is 0 Å². The van der Waals surface area contributed by atoms with Gasteiger partial charge in [-0.2, -0.15) is 0 Å². The maximum atomic E-state index is 2.50. The van der Waals surface area contributed by atoms with Crippen molar-refractivity contribution in [3.63, 3.8) is 0 Å². The van der Waals surface area contributed by atoms with Gasteiger partial charge in [-0.1, -0.05) is 194 Å². The van der Waals surface area contributed by atoms with Gasteiger partial charge >= 0.3 is 0 Å². The van der Waals surface area contributed by atoms with Gasteiger partial charge in [-0.3, -0.25) is 0 Å². The van der Waals surface area contributed by atoms with Crippen LogP contribution in [0.15, 0.2) is 273 Å². The summed E-state index contributed by atoms with van der Waals surface area (Å²) in [5, 5.41) is 4.85. The summed E-state index contributed by atoms with van der Waals surface area (Å²) in [7, 11) is 0. The first-order chi connectivity index (χ1) is 34.3. The third kappa shape index (κ3) is 6.82. The molecule has 0 N–H and O–H groups in total. The van der Waals surface area contributed by atoms with E-state index >= 15 is 0 Å².